The fourth-order valence-corrected chi connectivity index (χ4v) is 2.75. The molecule has 2 aromatic carbocycles. The molecule has 0 aliphatic carbocycles. The van der Waals surface area contributed by atoms with E-state index >= 15 is 0 Å². The molecular weight excluding hydrogens is 304 g/mol. The van der Waals surface area contributed by atoms with E-state index in [0.29, 0.717) is 0 Å². The monoisotopic (exact) mass is 322 g/mol. The summed E-state index contributed by atoms with van der Waals surface area (Å²) in [5.41, 5.74) is 3.51. The standard InChI is InChI=1S/C19H18N2O3/c1-12-16(11-19(24)17-10-15(22)8-9-18(17)23)13(2)21(20-12)14-6-4-3-5-7-14/h3-10,22-23H,11H2,1-2H3. The minimum Gasteiger partial charge on any atom is -0.508 e. The largest absolute Gasteiger partial charge is 0.508 e. The van der Waals surface area contributed by atoms with E-state index in [9.17, 15) is 15.0 Å². The van der Waals surface area contributed by atoms with Crippen molar-refractivity contribution in [2.45, 2.75) is 20.3 Å². The van der Waals surface area contributed by atoms with Crippen molar-refractivity contribution in [2.75, 3.05) is 0 Å². The van der Waals surface area contributed by atoms with Gasteiger partial charge >= 0.3 is 0 Å². The number of phenolic OH excluding ortho intramolecular Hbond substituents is 2. The summed E-state index contributed by atoms with van der Waals surface area (Å²) in [6, 6.07) is 13.6. The zero-order chi connectivity index (χ0) is 17.3. The molecule has 0 aliphatic rings. The molecule has 0 unspecified atom stereocenters. The molecule has 0 amide bonds. The first-order valence-corrected chi connectivity index (χ1v) is 7.63. The van der Waals surface area contributed by atoms with Gasteiger partial charge in [0.05, 0.1) is 16.9 Å². The molecule has 0 saturated carbocycles. The third-order valence-electron chi connectivity index (χ3n) is 4.06. The highest BCUT2D eigenvalue weighted by molar-refractivity contribution is 6.00. The summed E-state index contributed by atoms with van der Waals surface area (Å²) in [6.45, 7) is 3.77. The van der Waals surface area contributed by atoms with E-state index in [-0.39, 0.29) is 29.3 Å². The summed E-state index contributed by atoms with van der Waals surface area (Å²) < 4.78 is 1.81. The van der Waals surface area contributed by atoms with E-state index in [0.717, 1.165) is 22.6 Å². The second kappa shape index (κ2) is 6.20. The first-order chi connectivity index (χ1) is 11.5. The molecule has 3 rings (SSSR count). The van der Waals surface area contributed by atoms with Crippen LogP contribution in [-0.4, -0.2) is 25.8 Å². The highest BCUT2D eigenvalue weighted by atomic mass is 16.3. The smallest absolute Gasteiger partial charge is 0.171 e. The van der Waals surface area contributed by atoms with Gasteiger partial charge in [-0.2, -0.15) is 5.10 Å². The highest BCUT2D eigenvalue weighted by Crippen LogP contribution is 2.25. The van der Waals surface area contributed by atoms with Crippen LogP contribution in [0.4, 0.5) is 0 Å². The second-order valence-corrected chi connectivity index (χ2v) is 5.70. The maximum absolute atomic E-state index is 12.5. The summed E-state index contributed by atoms with van der Waals surface area (Å²) in [5.74, 6) is -0.449. The zero-order valence-electron chi connectivity index (χ0n) is 13.5. The minimum atomic E-state index is -0.262. The van der Waals surface area contributed by atoms with Gasteiger partial charge in [0.25, 0.3) is 0 Å². The predicted octanol–water partition coefficient (Wildman–Crippen LogP) is 3.33. The first kappa shape index (κ1) is 15.8. The van der Waals surface area contributed by atoms with Gasteiger partial charge in [0.15, 0.2) is 5.78 Å². The Hall–Kier alpha value is -3.08. The fourth-order valence-electron chi connectivity index (χ4n) is 2.75. The van der Waals surface area contributed by atoms with Gasteiger partial charge in [-0.05, 0) is 44.2 Å². The van der Waals surface area contributed by atoms with E-state index < -0.39 is 0 Å². The molecule has 0 saturated heterocycles. The lowest BCUT2D eigenvalue weighted by Crippen LogP contribution is -2.06. The lowest BCUT2D eigenvalue weighted by Gasteiger charge is -2.06. The molecule has 0 spiro atoms. The van der Waals surface area contributed by atoms with E-state index in [1.807, 2.05) is 44.2 Å². The van der Waals surface area contributed by atoms with Crippen molar-refractivity contribution in [2.24, 2.45) is 0 Å². The molecule has 1 heterocycles. The quantitative estimate of drug-likeness (QED) is 0.571. The molecule has 5 nitrogen and oxygen atoms in total. The highest BCUT2D eigenvalue weighted by Gasteiger charge is 2.19. The Morgan fingerprint density at radius 3 is 2.50 bits per heavy atom. The lowest BCUT2D eigenvalue weighted by molar-refractivity contribution is 0.0989. The number of hydrogen-bond donors (Lipinski definition) is 2. The van der Waals surface area contributed by atoms with Crippen molar-refractivity contribution in [1.82, 2.24) is 9.78 Å². The Labute approximate surface area is 139 Å². The van der Waals surface area contributed by atoms with E-state index in [2.05, 4.69) is 5.10 Å². The van der Waals surface area contributed by atoms with Crippen molar-refractivity contribution in [3.8, 4) is 17.2 Å². The van der Waals surface area contributed by atoms with Crippen LogP contribution in [0.1, 0.15) is 27.3 Å². The Kier molecular flexibility index (Phi) is 4.08. The lowest BCUT2D eigenvalue weighted by atomic mass is 10.0. The van der Waals surface area contributed by atoms with E-state index in [4.69, 9.17) is 0 Å². The number of phenols is 2. The van der Waals surface area contributed by atoms with Crippen molar-refractivity contribution in [1.29, 1.82) is 0 Å². The summed E-state index contributed by atoms with van der Waals surface area (Å²) in [4.78, 5) is 12.5. The van der Waals surface area contributed by atoms with Gasteiger partial charge in [-0.25, -0.2) is 4.68 Å². The summed E-state index contributed by atoms with van der Waals surface area (Å²) in [5, 5.41) is 23.9. The molecule has 1 aromatic heterocycles. The first-order valence-electron chi connectivity index (χ1n) is 7.63. The molecule has 24 heavy (non-hydrogen) atoms. The average Bonchev–Trinajstić information content (AvgIpc) is 2.86. The van der Waals surface area contributed by atoms with Crippen molar-refractivity contribution >= 4 is 5.78 Å². The molecule has 0 bridgehead atoms. The third-order valence-corrected chi connectivity index (χ3v) is 4.06. The van der Waals surface area contributed by atoms with Crippen LogP contribution in [0.15, 0.2) is 48.5 Å². The molecule has 0 atom stereocenters. The normalized spacial score (nSPS) is 10.8. The number of carbonyl (C=O) groups excluding carboxylic acids is 1. The van der Waals surface area contributed by atoms with Crippen LogP contribution < -0.4 is 0 Å². The number of aryl methyl sites for hydroxylation is 1. The van der Waals surface area contributed by atoms with Crippen molar-refractivity contribution < 1.29 is 15.0 Å². The number of benzene rings is 2. The molecule has 2 N–H and O–H groups in total. The molecule has 0 fully saturated rings. The number of Topliss-reactive ketones (excluding diaryl/α,β-unsaturated/α-hetero) is 1. The van der Waals surface area contributed by atoms with Crippen LogP contribution >= 0.6 is 0 Å². The Morgan fingerprint density at radius 2 is 1.79 bits per heavy atom. The summed E-state index contributed by atoms with van der Waals surface area (Å²) in [6.07, 6.45) is 0.113. The van der Waals surface area contributed by atoms with E-state index in [1.165, 1.54) is 18.2 Å². The van der Waals surface area contributed by atoms with Crippen LogP contribution in [0.3, 0.4) is 0 Å². The van der Waals surface area contributed by atoms with Crippen LogP contribution in [0.25, 0.3) is 5.69 Å². The third kappa shape index (κ3) is 2.88. The maximum atomic E-state index is 12.5. The van der Waals surface area contributed by atoms with Crippen LogP contribution in [0.2, 0.25) is 0 Å². The molecular formula is C19H18N2O3. The number of rotatable bonds is 4. The zero-order valence-corrected chi connectivity index (χ0v) is 13.5. The molecule has 122 valence electrons. The molecule has 0 aliphatic heterocycles. The SMILES string of the molecule is Cc1nn(-c2ccccc2)c(C)c1CC(=O)c1cc(O)ccc1O. The molecule has 0 radical (unpaired) electrons. The number of aromatic nitrogens is 2. The summed E-state index contributed by atoms with van der Waals surface area (Å²) in [7, 11) is 0. The van der Waals surface area contributed by atoms with Crippen LogP contribution in [-0.2, 0) is 6.42 Å². The van der Waals surface area contributed by atoms with Crippen molar-refractivity contribution in [3.63, 3.8) is 0 Å². The van der Waals surface area contributed by atoms with Crippen LogP contribution in [0, 0.1) is 13.8 Å². The summed E-state index contributed by atoms with van der Waals surface area (Å²) >= 11 is 0. The fraction of sp³-hybridized carbons (Fsp3) is 0.158. The van der Waals surface area contributed by atoms with Gasteiger partial charge in [0, 0.05) is 17.7 Å². The molecule has 5 heteroatoms. The van der Waals surface area contributed by atoms with Gasteiger partial charge in [-0.3, -0.25) is 4.79 Å². The molecule has 3 aromatic rings. The second-order valence-electron chi connectivity index (χ2n) is 5.70. The Bertz CT molecular complexity index is 898. The Morgan fingerprint density at radius 1 is 1.08 bits per heavy atom. The topological polar surface area (TPSA) is 75.4 Å². The van der Waals surface area contributed by atoms with Gasteiger partial charge in [0.1, 0.15) is 11.5 Å². The predicted molar refractivity (Wildman–Crippen MR) is 90.8 cm³/mol. The average molecular weight is 322 g/mol. The van der Waals surface area contributed by atoms with Gasteiger partial charge in [-0.1, -0.05) is 18.2 Å². The maximum Gasteiger partial charge on any atom is 0.171 e. The van der Waals surface area contributed by atoms with Crippen molar-refractivity contribution in [3.05, 3.63) is 71.0 Å². The van der Waals surface area contributed by atoms with Gasteiger partial charge in [-0.15, -0.1) is 0 Å². The number of nitrogens with zero attached hydrogens (tertiary/aromatic N) is 2. The van der Waals surface area contributed by atoms with Gasteiger partial charge in [0.2, 0.25) is 0 Å². The number of aromatic hydroxyl groups is 2. The van der Waals surface area contributed by atoms with E-state index in [1.54, 1.807) is 4.68 Å². The number of carbonyl (C=O) groups is 1. The number of ketones is 1. The van der Waals surface area contributed by atoms with Crippen LogP contribution in [0.5, 0.6) is 11.5 Å². The Balaban J connectivity index is 1.95. The number of hydrogen-bond acceptors (Lipinski definition) is 4. The minimum absolute atomic E-state index is 0.0513. The number of para-hydroxylation sites is 1. The van der Waals surface area contributed by atoms with Gasteiger partial charge < -0.3 is 10.2 Å².